The Balaban J connectivity index is 0.00000200. The summed E-state index contributed by atoms with van der Waals surface area (Å²) in [6.45, 7) is 4.69. The monoisotopic (exact) mass is 318 g/mol. The van der Waals surface area contributed by atoms with E-state index in [1.807, 2.05) is 24.9 Å². The van der Waals surface area contributed by atoms with Crippen molar-refractivity contribution in [3.05, 3.63) is 15.8 Å². The van der Waals surface area contributed by atoms with Gasteiger partial charge in [0.1, 0.15) is 10.6 Å². The van der Waals surface area contributed by atoms with Gasteiger partial charge in [0.05, 0.1) is 7.11 Å². The van der Waals surface area contributed by atoms with Gasteiger partial charge < -0.3 is 15.0 Å². The summed E-state index contributed by atoms with van der Waals surface area (Å²) < 4.78 is 5.30. The van der Waals surface area contributed by atoms with E-state index >= 15 is 0 Å². The molecule has 0 spiro atoms. The maximum Gasteiger partial charge on any atom is 0.267 e. The first kappa shape index (κ1) is 17.3. The summed E-state index contributed by atoms with van der Waals surface area (Å²) in [6.07, 6.45) is 2.29. The standard InChI is InChI=1S/C14H22N2O2S.ClH/c1-10-7-12(18-3)13(19-10)14(17)16-6-4-5-11(9-16)8-15-2;/h7,11,15H,4-6,8-9H2,1-3H3;1H. The lowest BCUT2D eigenvalue weighted by Crippen LogP contribution is -2.42. The predicted molar refractivity (Wildman–Crippen MR) is 85.4 cm³/mol. The Morgan fingerprint density at radius 2 is 2.35 bits per heavy atom. The van der Waals surface area contributed by atoms with Gasteiger partial charge in [0.25, 0.3) is 5.91 Å². The lowest BCUT2D eigenvalue weighted by molar-refractivity contribution is 0.0676. The van der Waals surface area contributed by atoms with E-state index in [4.69, 9.17) is 4.74 Å². The largest absolute Gasteiger partial charge is 0.495 e. The van der Waals surface area contributed by atoms with Gasteiger partial charge in [-0.25, -0.2) is 0 Å². The van der Waals surface area contributed by atoms with E-state index in [0.29, 0.717) is 11.7 Å². The number of methoxy groups -OCH3 is 1. The number of thiophene rings is 1. The second-order valence-corrected chi connectivity index (χ2v) is 6.33. The zero-order chi connectivity index (χ0) is 13.8. The second kappa shape index (κ2) is 7.86. The fourth-order valence-electron chi connectivity index (χ4n) is 2.64. The molecule has 1 aromatic heterocycles. The average Bonchev–Trinajstić information content (AvgIpc) is 2.80. The Morgan fingerprint density at radius 1 is 1.60 bits per heavy atom. The maximum atomic E-state index is 12.6. The van der Waals surface area contributed by atoms with Gasteiger partial charge >= 0.3 is 0 Å². The molecule has 1 atom stereocenters. The van der Waals surface area contributed by atoms with Crippen LogP contribution >= 0.6 is 23.7 Å². The van der Waals surface area contributed by atoms with Crippen LogP contribution in [-0.4, -0.2) is 44.6 Å². The highest BCUT2D eigenvalue weighted by molar-refractivity contribution is 7.14. The van der Waals surface area contributed by atoms with Crippen LogP contribution in [0.3, 0.4) is 0 Å². The first-order chi connectivity index (χ1) is 9.15. The molecule has 2 heterocycles. The summed E-state index contributed by atoms with van der Waals surface area (Å²) in [5, 5.41) is 3.20. The van der Waals surface area contributed by atoms with Gasteiger partial charge in [-0.3, -0.25) is 4.79 Å². The summed E-state index contributed by atoms with van der Waals surface area (Å²) in [5.41, 5.74) is 0. The molecule has 1 aliphatic rings. The van der Waals surface area contributed by atoms with Crippen LogP contribution in [0.25, 0.3) is 0 Å². The third-order valence-electron chi connectivity index (χ3n) is 3.53. The molecule has 2 rings (SSSR count). The van der Waals surface area contributed by atoms with Gasteiger partial charge in [0.2, 0.25) is 0 Å². The number of hydrogen-bond acceptors (Lipinski definition) is 4. The molecule has 4 nitrogen and oxygen atoms in total. The zero-order valence-electron chi connectivity index (χ0n) is 12.3. The number of likely N-dealkylation sites (tertiary alicyclic amines) is 1. The summed E-state index contributed by atoms with van der Waals surface area (Å²) in [5.74, 6) is 1.40. The average molecular weight is 319 g/mol. The van der Waals surface area contributed by atoms with E-state index < -0.39 is 0 Å². The molecule has 1 amide bonds. The lowest BCUT2D eigenvalue weighted by atomic mass is 9.98. The van der Waals surface area contributed by atoms with Crippen LogP contribution in [0.5, 0.6) is 5.75 Å². The highest BCUT2D eigenvalue weighted by Crippen LogP contribution is 2.31. The number of carbonyl (C=O) groups excluding carboxylic acids is 1. The fraction of sp³-hybridized carbons (Fsp3) is 0.643. The zero-order valence-corrected chi connectivity index (χ0v) is 13.9. The van der Waals surface area contributed by atoms with Gasteiger partial charge in [0.15, 0.2) is 0 Å². The van der Waals surface area contributed by atoms with Crippen molar-refractivity contribution in [2.75, 3.05) is 33.8 Å². The summed E-state index contributed by atoms with van der Waals surface area (Å²) in [4.78, 5) is 16.4. The first-order valence-electron chi connectivity index (χ1n) is 6.74. The van der Waals surface area contributed by atoms with Crippen molar-refractivity contribution in [2.45, 2.75) is 19.8 Å². The van der Waals surface area contributed by atoms with Crippen molar-refractivity contribution in [3.63, 3.8) is 0 Å². The van der Waals surface area contributed by atoms with Crippen molar-refractivity contribution in [1.82, 2.24) is 10.2 Å². The number of nitrogens with zero attached hydrogens (tertiary/aromatic N) is 1. The van der Waals surface area contributed by atoms with Crippen LogP contribution < -0.4 is 10.1 Å². The molecule has 0 saturated carbocycles. The first-order valence-corrected chi connectivity index (χ1v) is 7.55. The Bertz CT molecular complexity index is 448. The molecule has 0 bridgehead atoms. The van der Waals surface area contributed by atoms with Crippen LogP contribution in [-0.2, 0) is 0 Å². The summed E-state index contributed by atoms with van der Waals surface area (Å²) in [7, 11) is 3.59. The molecule has 1 unspecified atom stereocenters. The molecule has 1 aromatic rings. The van der Waals surface area contributed by atoms with E-state index in [0.717, 1.165) is 35.8 Å². The van der Waals surface area contributed by atoms with E-state index in [-0.39, 0.29) is 18.3 Å². The number of halogens is 1. The number of aryl methyl sites for hydroxylation is 1. The molecule has 114 valence electrons. The van der Waals surface area contributed by atoms with E-state index in [1.165, 1.54) is 17.8 Å². The number of piperidine rings is 1. The molecule has 6 heteroatoms. The van der Waals surface area contributed by atoms with Gasteiger partial charge in [-0.15, -0.1) is 23.7 Å². The van der Waals surface area contributed by atoms with E-state index in [2.05, 4.69) is 5.32 Å². The number of hydrogen-bond donors (Lipinski definition) is 1. The van der Waals surface area contributed by atoms with E-state index in [1.54, 1.807) is 7.11 Å². The minimum atomic E-state index is 0. The van der Waals surface area contributed by atoms with Crippen molar-refractivity contribution in [2.24, 2.45) is 5.92 Å². The van der Waals surface area contributed by atoms with Crippen molar-refractivity contribution >= 4 is 29.7 Å². The maximum absolute atomic E-state index is 12.6. The molecular weight excluding hydrogens is 296 g/mol. The molecular formula is C14H23ClN2O2S. The third-order valence-corrected chi connectivity index (χ3v) is 4.55. The second-order valence-electron chi connectivity index (χ2n) is 5.07. The molecule has 1 saturated heterocycles. The lowest BCUT2D eigenvalue weighted by Gasteiger charge is -2.32. The number of rotatable bonds is 4. The SMILES string of the molecule is CNCC1CCCN(C(=O)c2sc(C)cc2OC)C1.Cl. The predicted octanol–water partition coefficient (Wildman–Crippen LogP) is 2.56. The van der Waals surface area contributed by atoms with Gasteiger partial charge in [-0.1, -0.05) is 0 Å². The molecule has 0 aliphatic carbocycles. The van der Waals surface area contributed by atoms with Crippen molar-refractivity contribution in [3.8, 4) is 5.75 Å². The molecule has 0 radical (unpaired) electrons. The third kappa shape index (κ3) is 3.87. The molecule has 20 heavy (non-hydrogen) atoms. The van der Waals surface area contributed by atoms with Crippen LogP contribution in [0.2, 0.25) is 0 Å². The van der Waals surface area contributed by atoms with Gasteiger partial charge in [0, 0.05) is 18.0 Å². The topological polar surface area (TPSA) is 41.6 Å². The smallest absolute Gasteiger partial charge is 0.267 e. The van der Waals surface area contributed by atoms with Crippen LogP contribution in [0.1, 0.15) is 27.4 Å². The molecule has 0 aromatic carbocycles. The molecule has 1 aliphatic heterocycles. The fourth-order valence-corrected chi connectivity index (χ4v) is 3.59. The van der Waals surface area contributed by atoms with Gasteiger partial charge in [-0.05, 0) is 45.3 Å². The Hall–Kier alpha value is -0.780. The summed E-state index contributed by atoms with van der Waals surface area (Å²) in [6, 6.07) is 1.94. The number of amides is 1. The molecule has 1 N–H and O–H groups in total. The van der Waals surface area contributed by atoms with Crippen molar-refractivity contribution in [1.29, 1.82) is 0 Å². The van der Waals surface area contributed by atoms with E-state index in [9.17, 15) is 4.79 Å². The number of nitrogens with one attached hydrogen (secondary N) is 1. The quantitative estimate of drug-likeness (QED) is 0.927. The van der Waals surface area contributed by atoms with Gasteiger partial charge in [-0.2, -0.15) is 0 Å². The molecule has 1 fully saturated rings. The van der Waals surface area contributed by atoms with Crippen LogP contribution in [0.15, 0.2) is 6.07 Å². The minimum absolute atomic E-state index is 0. The number of ether oxygens (including phenoxy) is 1. The van der Waals surface area contributed by atoms with Crippen molar-refractivity contribution < 1.29 is 9.53 Å². The highest BCUT2D eigenvalue weighted by atomic mass is 35.5. The minimum Gasteiger partial charge on any atom is -0.495 e. The Kier molecular flexibility index (Phi) is 6.79. The Labute approximate surface area is 130 Å². The number of carbonyl (C=O) groups is 1. The van der Waals surface area contributed by atoms with Crippen LogP contribution in [0.4, 0.5) is 0 Å². The van der Waals surface area contributed by atoms with Crippen LogP contribution in [0, 0.1) is 12.8 Å². The normalized spacial score (nSPS) is 18.6. The Morgan fingerprint density at radius 3 is 3.00 bits per heavy atom. The highest BCUT2D eigenvalue weighted by Gasteiger charge is 2.27. The summed E-state index contributed by atoms with van der Waals surface area (Å²) >= 11 is 1.52.